The van der Waals surface area contributed by atoms with Gasteiger partial charge in [-0.3, -0.25) is 0 Å². The summed E-state index contributed by atoms with van der Waals surface area (Å²) < 4.78 is 5.14. The number of methoxy groups -OCH3 is 1. The predicted molar refractivity (Wildman–Crippen MR) is 66.3 cm³/mol. The van der Waals surface area contributed by atoms with Crippen LogP contribution in [0.25, 0.3) is 0 Å². The van der Waals surface area contributed by atoms with Crippen LogP contribution in [0.4, 0.5) is 0 Å². The first kappa shape index (κ1) is 14.9. The van der Waals surface area contributed by atoms with Crippen molar-refractivity contribution in [2.45, 2.75) is 39.3 Å². The van der Waals surface area contributed by atoms with Gasteiger partial charge in [-0.25, -0.2) is 0 Å². The molecule has 0 bridgehead atoms. The Kier molecular flexibility index (Phi) is 8.02. The van der Waals surface area contributed by atoms with Gasteiger partial charge in [0.2, 0.25) is 0 Å². The lowest BCUT2D eigenvalue weighted by molar-refractivity contribution is 0.159. The predicted octanol–water partition coefficient (Wildman–Crippen LogP) is 1.59. The Hall–Kier alpha value is -0.120. The summed E-state index contributed by atoms with van der Waals surface area (Å²) >= 11 is 0. The SMILES string of the molecule is COCC(C)NC(CC(C)C)CN(C)C. The van der Waals surface area contributed by atoms with Crippen LogP contribution in [0.15, 0.2) is 0 Å². The average Bonchev–Trinajstić information content (AvgIpc) is 2.00. The molecule has 1 N–H and O–H groups in total. The highest BCUT2D eigenvalue weighted by Crippen LogP contribution is 2.06. The molecule has 15 heavy (non-hydrogen) atoms. The van der Waals surface area contributed by atoms with Gasteiger partial charge in [0.1, 0.15) is 0 Å². The van der Waals surface area contributed by atoms with E-state index in [1.54, 1.807) is 7.11 Å². The molecule has 0 saturated carbocycles. The molecular weight excluding hydrogens is 188 g/mol. The Morgan fingerprint density at radius 1 is 1.20 bits per heavy atom. The molecule has 0 heterocycles. The van der Waals surface area contributed by atoms with E-state index in [1.807, 2.05) is 0 Å². The molecule has 0 rings (SSSR count). The summed E-state index contributed by atoms with van der Waals surface area (Å²) in [5.74, 6) is 0.734. The van der Waals surface area contributed by atoms with Crippen LogP contribution in [0, 0.1) is 5.92 Å². The third-order valence-electron chi connectivity index (χ3n) is 2.28. The van der Waals surface area contributed by atoms with Crippen LogP contribution in [0.5, 0.6) is 0 Å². The van der Waals surface area contributed by atoms with Gasteiger partial charge in [0.15, 0.2) is 0 Å². The maximum Gasteiger partial charge on any atom is 0.0613 e. The van der Waals surface area contributed by atoms with Crippen molar-refractivity contribution in [3.05, 3.63) is 0 Å². The lowest BCUT2D eigenvalue weighted by Gasteiger charge is -2.27. The van der Waals surface area contributed by atoms with E-state index < -0.39 is 0 Å². The summed E-state index contributed by atoms with van der Waals surface area (Å²) in [6, 6.07) is 0.990. The summed E-state index contributed by atoms with van der Waals surface area (Å²) in [5, 5.41) is 3.61. The van der Waals surface area contributed by atoms with Gasteiger partial charge in [0.05, 0.1) is 6.61 Å². The molecule has 0 aliphatic rings. The van der Waals surface area contributed by atoms with Crippen LogP contribution in [-0.4, -0.2) is 51.3 Å². The maximum atomic E-state index is 5.14. The van der Waals surface area contributed by atoms with Gasteiger partial charge in [-0.05, 0) is 33.4 Å². The molecule has 92 valence electrons. The maximum absolute atomic E-state index is 5.14. The first-order chi connectivity index (χ1) is 6.95. The van der Waals surface area contributed by atoms with Gasteiger partial charge < -0.3 is 15.0 Å². The van der Waals surface area contributed by atoms with E-state index in [0.29, 0.717) is 12.1 Å². The molecule has 0 aliphatic carbocycles. The number of likely N-dealkylation sites (N-methyl/N-ethyl adjacent to an activating group) is 1. The van der Waals surface area contributed by atoms with E-state index >= 15 is 0 Å². The molecular formula is C12H28N2O. The van der Waals surface area contributed by atoms with E-state index in [0.717, 1.165) is 19.1 Å². The van der Waals surface area contributed by atoms with Gasteiger partial charge >= 0.3 is 0 Å². The fourth-order valence-corrected chi connectivity index (χ4v) is 1.91. The lowest BCUT2D eigenvalue weighted by Crippen LogP contribution is -2.45. The van der Waals surface area contributed by atoms with Crippen LogP contribution >= 0.6 is 0 Å². The van der Waals surface area contributed by atoms with Crippen LogP contribution in [-0.2, 0) is 4.74 Å². The highest BCUT2D eigenvalue weighted by Gasteiger charge is 2.14. The number of hydrogen-bond donors (Lipinski definition) is 1. The topological polar surface area (TPSA) is 24.5 Å². The second-order valence-electron chi connectivity index (χ2n) is 5.11. The van der Waals surface area contributed by atoms with Crippen molar-refractivity contribution in [1.82, 2.24) is 10.2 Å². The van der Waals surface area contributed by atoms with Crippen LogP contribution in [0.2, 0.25) is 0 Å². The van der Waals surface area contributed by atoms with E-state index in [9.17, 15) is 0 Å². The molecule has 0 aromatic carbocycles. The highest BCUT2D eigenvalue weighted by molar-refractivity contribution is 4.74. The minimum Gasteiger partial charge on any atom is -0.383 e. The third-order valence-corrected chi connectivity index (χ3v) is 2.28. The summed E-state index contributed by atoms with van der Waals surface area (Å²) in [7, 11) is 5.99. The number of rotatable bonds is 8. The van der Waals surface area contributed by atoms with Gasteiger partial charge in [-0.2, -0.15) is 0 Å². The summed E-state index contributed by atoms with van der Waals surface area (Å²) in [5.41, 5.74) is 0. The smallest absolute Gasteiger partial charge is 0.0613 e. The highest BCUT2D eigenvalue weighted by atomic mass is 16.5. The number of nitrogens with one attached hydrogen (secondary N) is 1. The second-order valence-corrected chi connectivity index (χ2v) is 5.11. The summed E-state index contributed by atoms with van der Waals surface area (Å²) in [6.07, 6.45) is 1.21. The molecule has 0 spiro atoms. The number of ether oxygens (including phenoxy) is 1. The third kappa shape index (κ3) is 8.85. The van der Waals surface area contributed by atoms with E-state index in [4.69, 9.17) is 4.74 Å². The fraction of sp³-hybridized carbons (Fsp3) is 1.00. The van der Waals surface area contributed by atoms with Crippen LogP contribution in [0.3, 0.4) is 0 Å². The lowest BCUT2D eigenvalue weighted by atomic mass is 10.0. The van der Waals surface area contributed by atoms with Crippen molar-refractivity contribution >= 4 is 0 Å². The summed E-state index contributed by atoms with van der Waals surface area (Å²) in [4.78, 5) is 2.24. The zero-order valence-corrected chi connectivity index (χ0v) is 11.2. The molecule has 0 aromatic rings. The Labute approximate surface area is 95.2 Å². The van der Waals surface area contributed by atoms with E-state index in [-0.39, 0.29) is 0 Å². The summed E-state index contributed by atoms with van der Waals surface area (Å²) in [6.45, 7) is 8.58. The molecule has 0 amide bonds. The van der Waals surface area contributed by atoms with Crippen molar-refractivity contribution in [3.63, 3.8) is 0 Å². The van der Waals surface area contributed by atoms with Gasteiger partial charge in [-0.15, -0.1) is 0 Å². The van der Waals surface area contributed by atoms with Crippen molar-refractivity contribution in [2.24, 2.45) is 5.92 Å². The minimum atomic E-state index is 0.429. The number of nitrogens with zero attached hydrogens (tertiary/aromatic N) is 1. The van der Waals surface area contributed by atoms with Crippen molar-refractivity contribution in [1.29, 1.82) is 0 Å². The van der Waals surface area contributed by atoms with Crippen molar-refractivity contribution in [3.8, 4) is 0 Å². The van der Waals surface area contributed by atoms with Crippen LogP contribution < -0.4 is 5.32 Å². The van der Waals surface area contributed by atoms with E-state index in [1.165, 1.54) is 6.42 Å². The Morgan fingerprint density at radius 2 is 1.80 bits per heavy atom. The molecule has 0 aromatic heterocycles. The van der Waals surface area contributed by atoms with Crippen molar-refractivity contribution < 1.29 is 4.74 Å². The minimum absolute atomic E-state index is 0.429. The second kappa shape index (κ2) is 8.08. The molecule has 0 saturated heterocycles. The standard InChI is InChI=1S/C12H28N2O/c1-10(2)7-12(8-14(4)5)13-11(3)9-15-6/h10-13H,7-9H2,1-6H3. The van der Waals surface area contributed by atoms with Crippen molar-refractivity contribution in [2.75, 3.05) is 34.4 Å². The average molecular weight is 216 g/mol. The molecule has 2 unspecified atom stereocenters. The molecule has 3 heteroatoms. The van der Waals surface area contributed by atoms with Gasteiger partial charge in [0.25, 0.3) is 0 Å². The monoisotopic (exact) mass is 216 g/mol. The number of hydrogen-bond acceptors (Lipinski definition) is 3. The Balaban J connectivity index is 3.99. The largest absolute Gasteiger partial charge is 0.383 e. The molecule has 2 atom stereocenters. The quantitative estimate of drug-likeness (QED) is 0.667. The first-order valence-corrected chi connectivity index (χ1v) is 5.85. The van der Waals surface area contributed by atoms with E-state index in [2.05, 4.69) is 45.1 Å². The van der Waals surface area contributed by atoms with Gasteiger partial charge in [0, 0.05) is 25.7 Å². The Bertz CT molecular complexity index is 139. The van der Waals surface area contributed by atoms with Crippen LogP contribution in [0.1, 0.15) is 27.2 Å². The molecule has 0 aliphatic heterocycles. The zero-order valence-electron chi connectivity index (χ0n) is 11.2. The Morgan fingerprint density at radius 3 is 2.20 bits per heavy atom. The molecule has 0 radical (unpaired) electrons. The van der Waals surface area contributed by atoms with Gasteiger partial charge in [-0.1, -0.05) is 13.8 Å². The normalized spacial score (nSPS) is 16.0. The molecule has 0 fully saturated rings. The fourth-order valence-electron chi connectivity index (χ4n) is 1.91. The zero-order chi connectivity index (χ0) is 11.8. The first-order valence-electron chi connectivity index (χ1n) is 5.85. The molecule has 3 nitrogen and oxygen atoms in total.